The number of non-ortho nitro benzene ring substituents is 2. The molecule has 93 heavy (non-hydrogen) atoms. The fourth-order valence-electron chi connectivity index (χ4n) is 8.82. The number of phenols is 7. The van der Waals surface area contributed by atoms with Gasteiger partial charge in [-0.05, 0) is 124 Å². The number of thiol groups is 1. The second-order valence-electron chi connectivity index (χ2n) is 19.7. The summed E-state index contributed by atoms with van der Waals surface area (Å²) in [5, 5.41) is 97.1. The molecule has 0 spiro atoms. The Bertz CT molecular complexity index is 4560. The van der Waals surface area contributed by atoms with Crippen LogP contribution in [0.1, 0.15) is 5.56 Å². The summed E-state index contributed by atoms with van der Waals surface area (Å²) >= 11 is 3.98. The van der Waals surface area contributed by atoms with Gasteiger partial charge >= 0.3 is 0 Å². The molecule has 0 bridgehead atoms. The van der Waals surface area contributed by atoms with Gasteiger partial charge in [0.05, 0.1) is 24.1 Å². The molecular weight excluding hydrogens is 1690 g/mol. The van der Waals surface area contributed by atoms with Crippen LogP contribution in [0.3, 0.4) is 0 Å². The molecule has 18 heteroatoms. The van der Waals surface area contributed by atoms with Crippen LogP contribution in [0.4, 0.5) is 11.4 Å². The van der Waals surface area contributed by atoms with E-state index in [9.17, 15) is 45.8 Å². The standard InChI is InChI=1S/2C11H10O2.C11H10O.C10H8O.C10H7O.C10H8O.C6H5NO3.C6H5NO2S.2No/c1-13-11-5-3-8-2-4-10(12)6-9(8)7-11;1-13-11-7-6-10(12)8-4-2-3-5-9(8)11;1-8-6-7-9-4-2-3-5-10(9)11(8)12;2*11-10-7-3-5-8-4-1-2-6-9(8)10;11-10-6-5-8-3-1-2-4-9(8)7-10;8-6-3-1-5(2-4-6)7(9)10;8-7(9)5-1-3-6(10)4-2-5;;/h2*2-7,12H,1H3;2-7,12H,1H3;1-7,11H;1-6,11H;1-7,11H;1-4,8H;1-4,10H;;/q;;;;-1;;;;;. The smallest absolute Gasteiger partial charge is 0.269 e. The topological polar surface area (TPSA) is 246 Å². The van der Waals surface area contributed by atoms with Crippen LogP contribution in [-0.4, -0.2) is 59.8 Å². The van der Waals surface area contributed by atoms with Gasteiger partial charge in [-0.3, -0.25) is 20.2 Å². The number of ether oxygens (including phenoxy) is 2. The molecule has 0 aliphatic heterocycles. The Kier molecular flexibility index (Phi) is 25.8. The van der Waals surface area contributed by atoms with Crippen LogP contribution < -0.4 is 9.47 Å². The number of aryl methyl sites for hydroxylation is 1. The number of nitro groups is 2. The number of fused-ring (bicyclic) bond motifs is 6. The van der Waals surface area contributed by atoms with Gasteiger partial charge in [-0.25, -0.2) is 0 Å². The minimum absolute atomic E-state index is 0. The summed E-state index contributed by atoms with van der Waals surface area (Å²) in [5.41, 5.74) is 1.00. The summed E-state index contributed by atoms with van der Waals surface area (Å²) in [7, 11) is 3.25. The van der Waals surface area contributed by atoms with E-state index in [0.717, 1.165) is 86.6 Å². The zero-order valence-electron chi connectivity index (χ0n) is 50.0. The fourth-order valence-corrected chi connectivity index (χ4v) is 8.97. The van der Waals surface area contributed by atoms with Gasteiger partial charge in [-0.1, -0.05) is 163 Å². The second kappa shape index (κ2) is 34.4. The molecule has 0 saturated heterocycles. The van der Waals surface area contributed by atoms with E-state index >= 15 is 0 Å². The zero-order valence-corrected chi connectivity index (χ0v) is 55.4. The fraction of sp³-hybridized carbons (Fsp3) is 0.0400. The van der Waals surface area contributed by atoms with Crippen LogP contribution in [0, 0.1) is 33.2 Å². The van der Waals surface area contributed by atoms with Crippen molar-refractivity contribution in [1.29, 1.82) is 0 Å². The van der Waals surface area contributed by atoms with Crippen molar-refractivity contribution in [2.45, 2.75) is 11.8 Å². The van der Waals surface area contributed by atoms with Gasteiger partial charge in [0, 0.05) is 56.5 Å². The Balaban J connectivity index is 0.000000192. The van der Waals surface area contributed by atoms with Gasteiger partial charge in [0.15, 0.2) is 0 Å². The Morgan fingerprint density at radius 1 is 0.376 bits per heavy atom. The molecule has 14 aromatic rings. The molecule has 0 aliphatic carbocycles. The number of nitro benzene ring substituents is 2. The molecule has 0 radical (unpaired) electrons. The molecule has 15 nitrogen and oxygen atoms in total. The largest absolute Gasteiger partial charge is 0.533 e. The summed E-state index contributed by atoms with van der Waals surface area (Å²) in [6.07, 6.45) is 0. The second-order valence-corrected chi connectivity index (χ2v) is 20.2. The molecule has 0 heterocycles. The number of hydrogen-bond acceptors (Lipinski definition) is 14. The molecule has 0 amide bonds. The van der Waals surface area contributed by atoms with Crippen LogP contribution in [-0.2, 0) is 0 Å². The third-order valence-corrected chi connectivity index (χ3v) is 13.8. The molecule has 0 fully saturated rings. The van der Waals surface area contributed by atoms with Crippen LogP contribution in [0.15, 0.2) is 284 Å². The van der Waals surface area contributed by atoms with Crippen LogP contribution in [0.2, 0.25) is 0 Å². The quantitative estimate of drug-likeness (QED) is 0.0354. The maximum absolute atomic E-state index is 10.1. The maximum Gasteiger partial charge on any atom is 0.269 e. The SMILES string of the molecule is COc1ccc(O)c2ccccc12.COc1ccc2ccc(O)cc2c1.Cc1ccc2ccccc2c1O.O=[N+]([O-])c1ccc(O)cc1.O=[N+]([O-])c1ccc(S)cc1.Oc1[c-]ccc2ccccc12.Oc1ccc2ccccc2c1.Oc1cccc2ccccc12.[No].[No]. The molecule has 0 aromatic heterocycles. The molecule has 0 unspecified atom stereocenters. The molecule has 7 N–H and O–H groups in total. The normalized spacial score (nSPS) is 9.81. The van der Waals surface area contributed by atoms with Crippen LogP contribution >= 0.6 is 12.6 Å². The van der Waals surface area contributed by atoms with Crippen molar-refractivity contribution in [2.24, 2.45) is 0 Å². The molecule has 0 aliphatic rings. The molecule has 486 valence electrons. The summed E-state index contributed by atoms with van der Waals surface area (Å²) in [6, 6.07) is 85.5. The van der Waals surface area contributed by atoms with Crippen LogP contribution in [0.5, 0.6) is 51.7 Å². The molecule has 0 atom stereocenters. The van der Waals surface area contributed by atoms with Gasteiger partial charge in [0.1, 0.15) is 46.0 Å². The first-order valence-electron chi connectivity index (χ1n) is 27.9. The number of rotatable bonds is 4. The predicted octanol–water partition coefficient (Wildman–Crippen LogP) is 18.6. The van der Waals surface area contributed by atoms with Crippen molar-refractivity contribution >= 4 is 88.6 Å². The minimum atomic E-state index is -0.514. The Labute approximate surface area is 529 Å². The summed E-state index contributed by atoms with van der Waals surface area (Å²) < 4.78 is 10.3. The van der Waals surface area contributed by atoms with E-state index in [1.165, 1.54) is 36.4 Å². The van der Waals surface area contributed by atoms with E-state index in [4.69, 9.17) is 19.7 Å². The summed E-state index contributed by atoms with van der Waals surface area (Å²) in [4.78, 5) is 19.9. The monoisotopic (exact) mass is 1750 g/mol. The number of nitrogens with zero attached hydrogens (tertiary/aromatic N) is 2. The summed E-state index contributed by atoms with van der Waals surface area (Å²) in [6.45, 7) is 1.90. The molecule has 14 rings (SSSR count). The zero-order chi connectivity index (χ0) is 65.2. The Morgan fingerprint density at radius 2 is 0.806 bits per heavy atom. The third kappa shape index (κ3) is 20.0. The van der Waals surface area contributed by atoms with Crippen LogP contribution in [0.25, 0.3) is 64.6 Å². The first-order chi connectivity index (χ1) is 43.9. The average Bonchev–Trinajstić information content (AvgIpc) is 1.33. The van der Waals surface area contributed by atoms with E-state index in [1.54, 1.807) is 74.9 Å². The minimum Gasteiger partial charge on any atom is -0.533 e. The number of aromatic hydroxyl groups is 7. The van der Waals surface area contributed by atoms with Gasteiger partial charge in [-0.15, -0.1) is 30.1 Å². The molecule has 14 aromatic carbocycles. The summed E-state index contributed by atoms with van der Waals surface area (Å²) in [5.74, 6) is 3.48. The first kappa shape index (κ1) is 69.8. The van der Waals surface area contributed by atoms with Crippen molar-refractivity contribution in [3.05, 3.63) is 311 Å². The number of hydrogen-bond donors (Lipinski definition) is 8. The average molecular weight is 1750 g/mol. The molecular formula is C75H63N2No2O13S-. The van der Waals surface area contributed by atoms with E-state index < -0.39 is 9.85 Å². The van der Waals surface area contributed by atoms with E-state index in [0.29, 0.717) is 17.2 Å². The Hall–Kier alpha value is -14.0. The first-order valence-corrected chi connectivity index (χ1v) is 28.4. The molecule has 0 saturated carbocycles. The van der Waals surface area contributed by atoms with Gasteiger partial charge in [0.2, 0.25) is 0 Å². The number of phenolic OH excluding ortho intramolecular Hbond substituents is 7. The number of benzene rings is 14. The van der Waals surface area contributed by atoms with E-state index in [2.05, 4.69) is 18.7 Å². The van der Waals surface area contributed by atoms with Gasteiger partial charge < -0.3 is 45.2 Å². The number of methoxy groups -OCH3 is 2. The van der Waals surface area contributed by atoms with Gasteiger partial charge in [0.25, 0.3) is 11.4 Å². The van der Waals surface area contributed by atoms with E-state index in [-0.39, 0.29) is 34.4 Å². The van der Waals surface area contributed by atoms with Crippen molar-refractivity contribution in [1.82, 2.24) is 0 Å². The van der Waals surface area contributed by atoms with E-state index in [1.807, 2.05) is 189 Å². The van der Waals surface area contributed by atoms with Crippen molar-refractivity contribution < 1.29 is 55.1 Å². The van der Waals surface area contributed by atoms with Crippen molar-refractivity contribution in [3.63, 3.8) is 0 Å². The third-order valence-electron chi connectivity index (χ3n) is 13.5. The van der Waals surface area contributed by atoms with Crippen molar-refractivity contribution in [3.8, 4) is 51.7 Å². The maximum atomic E-state index is 10.1. The van der Waals surface area contributed by atoms with Gasteiger partial charge in [-0.2, -0.15) is 12.1 Å². The van der Waals surface area contributed by atoms with Crippen molar-refractivity contribution in [2.75, 3.05) is 14.2 Å². The predicted molar refractivity (Wildman–Crippen MR) is 365 cm³/mol. The Morgan fingerprint density at radius 3 is 1.37 bits per heavy atom.